The zero-order valence-corrected chi connectivity index (χ0v) is 10.9. The van der Waals surface area contributed by atoms with Crippen LogP contribution in [0.2, 0.25) is 0 Å². The minimum atomic E-state index is -0.0510. The van der Waals surface area contributed by atoms with Crippen LogP contribution >= 0.6 is 0 Å². The number of carbonyl (C=O) groups excluding carboxylic acids is 1. The predicted molar refractivity (Wildman–Crippen MR) is 70.2 cm³/mol. The fraction of sp³-hybridized carbons (Fsp3) is 0.538. The van der Waals surface area contributed by atoms with Crippen molar-refractivity contribution >= 4 is 11.6 Å². The molecule has 2 N–H and O–H groups in total. The number of pyridine rings is 1. The highest BCUT2D eigenvalue weighted by Crippen LogP contribution is 2.13. The SMILES string of the molecule is CNc1cnccc1C(=O)NC(C)CC(C)C. The molecule has 0 aromatic carbocycles. The zero-order valence-electron chi connectivity index (χ0n) is 10.9. The lowest BCUT2D eigenvalue weighted by Crippen LogP contribution is -2.33. The fourth-order valence-electron chi connectivity index (χ4n) is 1.86. The Morgan fingerprint density at radius 3 is 2.71 bits per heavy atom. The van der Waals surface area contributed by atoms with Crippen LogP contribution in [0, 0.1) is 5.92 Å². The van der Waals surface area contributed by atoms with Gasteiger partial charge < -0.3 is 10.6 Å². The maximum atomic E-state index is 12.0. The van der Waals surface area contributed by atoms with E-state index in [0.29, 0.717) is 11.5 Å². The Bertz CT molecular complexity index is 377. The highest BCUT2D eigenvalue weighted by atomic mass is 16.1. The number of aromatic nitrogens is 1. The molecule has 0 radical (unpaired) electrons. The van der Waals surface area contributed by atoms with Gasteiger partial charge in [-0.3, -0.25) is 9.78 Å². The molecule has 1 atom stereocenters. The maximum absolute atomic E-state index is 12.0. The molecule has 0 saturated heterocycles. The second-order valence-corrected chi connectivity index (χ2v) is 4.68. The Balaban J connectivity index is 2.69. The van der Waals surface area contributed by atoms with Gasteiger partial charge in [0.2, 0.25) is 0 Å². The van der Waals surface area contributed by atoms with Crippen molar-refractivity contribution in [1.29, 1.82) is 0 Å². The fourth-order valence-corrected chi connectivity index (χ4v) is 1.86. The van der Waals surface area contributed by atoms with Gasteiger partial charge in [-0.2, -0.15) is 0 Å². The van der Waals surface area contributed by atoms with E-state index in [1.54, 1.807) is 25.5 Å². The molecule has 0 saturated carbocycles. The van der Waals surface area contributed by atoms with E-state index in [4.69, 9.17) is 0 Å². The van der Waals surface area contributed by atoms with E-state index < -0.39 is 0 Å². The number of hydrogen-bond donors (Lipinski definition) is 2. The number of nitrogens with one attached hydrogen (secondary N) is 2. The van der Waals surface area contributed by atoms with Gasteiger partial charge in [0, 0.05) is 19.3 Å². The Morgan fingerprint density at radius 2 is 2.12 bits per heavy atom. The van der Waals surface area contributed by atoms with Gasteiger partial charge in [-0.1, -0.05) is 13.8 Å². The first-order chi connectivity index (χ1) is 8.04. The molecule has 0 bridgehead atoms. The van der Waals surface area contributed by atoms with Crippen LogP contribution in [0.25, 0.3) is 0 Å². The number of hydrogen-bond acceptors (Lipinski definition) is 3. The van der Waals surface area contributed by atoms with Crippen LogP contribution in [0.5, 0.6) is 0 Å². The first-order valence-corrected chi connectivity index (χ1v) is 5.97. The predicted octanol–water partition coefficient (Wildman–Crippen LogP) is 2.29. The minimum absolute atomic E-state index is 0.0510. The number of nitrogens with zero attached hydrogens (tertiary/aromatic N) is 1. The first kappa shape index (κ1) is 13.5. The second-order valence-electron chi connectivity index (χ2n) is 4.68. The summed E-state index contributed by atoms with van der Waals surface area (Å²) < 4.78 is 0. The van der Waals surface area contributed by atoms with Crippen LogP contribution in [-0.4, -0.2) is 24.0 Å². The van der Waals surface area contributed by atoms with E-state index in [0.717, 1.165) is 12.1 Å². The Morgan fingerprint density at radius 1 is 1.41 bits per heavy atom. The van der Waals surface area contributed by atoms with Crippen molar-refractivity contribution in [2.45, 2.75) is 33.2 Å². The molecule has 0 aliphatic heterocycles. The lowest BCUT2D eigenvalue weighted by atomic mass is 10.0. The van der Waals surface area contributed by atoms with E-state index in [2.05, 4.69) is 29.5 Å². The van der Waals surface area contributed by atoms with Gasteiger partial charge in [-0.05, 0) is 25.3 Å². The molecule has 94 valence electrons. The van der Waals surface area contributed by atoms with Crippen molar-refractivity contribution in [1.82, 2.24) is 10.3 Å². The standard InChI is InChI=1S/C13H21N3O/c1-9(2)7-10(3)16-13(17)11-5-6-15-8-12(11)14-4/h5-6,8-10,14H,7H2,1-4H3,(H,16,17). The number of anilines is 1. The molecule has 0 fully saturated rings. The monoisotopic (exact) mass is 235 g/mol. The van der Waals surface area contributed by atoms with Gasteiger partial charge in [0.05, 0.1) is 17.4 Å². The summed E-state index contributed by atoms with van der Waals surface area (Å²) in [5, 5.41) is 5.96. The van der Waals surface area contributed by atoms with Crippen molar-refractivity contribution < 1.29 is 4.79 Å². The summed E-state index contributed by atoms with van der Waals surface area (Å²) in [6, 6.07) is 1.91. The van der Waals surface area contributed by atoms with Gasteiger partial charge in [-0.15, -0.1) is 0 Å². The normalized spacial score (nSPS) is 12.3. The summed E-state index contributed by atoms with van der Waals surface area (Å²) >= 11 is 0. The van der Waals surface area contributed by atoms with Crippen LogP contribution in [-0.2, 0) is 0 Å². The van der Waals surface area contributed by atoms with Crippen molar-refractivity contribution in [2.75, 3.05) is 12.4 Å². The molecule has 1 heterocycles. The first-order valence-electron chi connectivity index (χ1n) is 5.97. The average Bonchev–Trinajstić information content (AvgIpc) is 2.27. The van der Waals surface area contributed by atoms with Gasteiger partial charge in [-0.25, -0.2) is 0 Å². The van der Waals surface area contributed by atoms with Crippen molar-refractivity contribution in [3.63, 3.8) is 0 Å². The molecular weight excluding hydrogens is 214 g/mol. The average molecular weight is 235 g/mol. The maximum Gasteiger partial charge on any atom is 0.253 e. The Labute approximate surface area is 103 Å². The quantitative estimate of drug-likeness (QED) is 0.823. The lowest BCUT2D eigenvalue weighted by molar-refractivity contribution is 0.0937. The number of carbonyl (C=O) groups is 1. The zero-order chi connectivity index (χ0) is 12.8. The molecule has 1 amide bonds. The Kier molecular flexibility index (Phi) is 4.94. The summed E-state index contributed by atoms with van der Waals surface area (Å²) in [5.41, 5.74) is 1.39. The third kappa shape index (κ3) is 4.06. The van der Waals surface area contributed by atoms with Crippen molar-refractivity contribution in [2.24, 2.45) is 5.92 Å². The highest BCUT2D eigenvalue weighted by molar-refractivity contribution is 5.99. The smallest absolute Gasteiger partial charge is 0.253 e. The molecule has 4 nitrogen and oxygen atoms in total. The molecule has 1 rings (SSSR count). The van der Waals surface area contributed by atoms with Gasteiger partial charge in [0.25, 0.3) is 5.91 Å². The Hall–Kier alpha value is -1.58. The van der Waals surface area contributed by atoms with E-state index in [9.17, 15) is 4.79 Å². The summed E-state index contributed by atoms with van der Waals surface area (Å²) in [5.74, 6) is 0.524. The molecule has 1 unspecified atom stereocenters. The summed E-state index contributed by atoms with van der Waals surface area (Å²) in [6.45, 7) is 6.32. The van der Waals surface area contributed by atoms with Gasteiger partial charge >= 0.3 is 0 Å². The van der Waals surface area contributed by atoms with Gasteiger partial charge in [0.1, 0.15) is 0 Å². The highest BCUT2D eigenvalue weighted by Gasteiger charge is 2.13. The molecule has 1 aromatic heterocycles. The van der Waals surface area contributed by atoms with E-state index in [1.165, 1.54) is 0 Å². The van der Waals surface area contributed by atoms with Crippen LogP contribution in [0.3, 0.4) is 0 Å². The van der Waals surface area contributed by atoms with E-state index in [1.807, 2.05) is 6.92 Å². The number of rotatable bonds is 5. The summed E-state index contributed by atoms with van der Waals surface area (Å²) in [7, 11) is 1.78. The molecule has 4 heteroatoms. The van der Waals surface area contributed by atoms with Crippen molar-refractivity contribution in [3.8, 4) is 0 Å². The van der Waals surface area contributed by atoms with E-state index >= 15 is 0 Å². The topological polar surface area (TPSA) is 54.0 Å². The largest absolute Gasteiger partial charge is 0.386 e. The summed E-state index contributed by atoms with van der Waals surface area (Å²) in [4.78, 5) is 16.0. The third-order valence-electron chi connectivity index (χ3n) is 2.54. The molecule has 17 heavy (non-hydrogen) atoms. The van der Waals surface area contributed by atoms with Crippen LogP contribution < -0.4 is 10.6 Å². The molecular formula is C13H21N3O. The van der Waals surface area contributed by atoms with Crippen LogP contribution in [0.1, 0.15) is 37.6 Å². The van der Waals surface area contributed by atoms with Crippen molar-refractivity contribution in [3.05, 3.63) is 24.0 Å². The van der Waals surface area contributed by atoms with E-state index in [-0.39, 0.29) is 11.9 Å². The van der Waals surface area contributed by atoms with Crippen LogP contribution in [0.15, 0.2) is 18.5 Å². The lowest BCUT2D eigenvalue weighted by Gasteiger charge is -2.17. The molecule has 0 spiro atoms. The molecule has 1 aromatic rings. The second kappa shape index (κ2) is 6.23. The van der Waals surface area contributed by atoms with Gasteiger partial charge in [0.15, 0.2) is 0 Å². The minimum Gasteiger partial charge on any atom is -0.386 e. The molecule has 0 aliphatic carbocycles. The molecule has 0 aliphatic rings. The number of amides is 1. The summed E-state index contributed by atoms with van der Waals surface area (Å²) in [6.07, 6.45) is 4.26. The third-order valence-corrected chi connectivity index (χ3v) is 2.54. The van der Waals surface area contributed by atoms with Crippen LogP contribution in [0.4, 0.5) is 5.69 Å².